The summed E-state index contributed by atoms with van der Waals surface area (Å²) in [7, 11) is 0. The van der Waals surface area contributed by atoms with Crippen molar-refractivity contribution in [2.45, 2.75) is 32.8 Å². The van der Waals surface area contributed by atoms with Gasteiger partial charge in [0.2, 0.25) is 0 Å². The molecule has 0 aliphatic carbocycles. The van der Waals surface area contributed by atoms with Gasteiger partial charge < -0.3 is 15.3 Å². The molecule has 0 spiro atoms. The average Bonchev–Trinajstić information content (AvgIpc) is 2.75. The van der Waals surface area contributed by atoms with E-state index in [0.29, 0.717) is 11.3 Å². The molecule has 0 amide bonds. The van der Waals surface area contributed by atoms with Crippen LogP contribution in [-0.4, -0.2) is 48.8 Å². The summed E-state index contributed by atoms with van der Waals surface area (Å²) in [5, 5.41) is 13.0. The first-order chi connectivity index (χ1) is 7.09. The molecule has 0 bridgehead atoms. The van der Waals surface area contributed by atoms with Crippen molar-refractivity contribution >= 4 is 12.4 Å². The molecule has 3 nitrogen and oxygen atoms in total. The summed E-state index contributed by atoms with van der Waals surface area (Å²) in [5.41, 5.74) is 0.466. The summed E-state index contributed by atoms with van der Waals surface area (Å²) >= 11 is 0. The normalized spacial score (nSPS) is 37.3. The number of nitrogens with one attached hydrogen (secondary N) is 1. The lowest BCUT2D eigenvalue weighted by atomic mass is 9.89. The Morgan fingerprint density at radius 3 is 2.81 bits per heavy atom. The molecule has 0 aromatic rings. The molecule has 0 radical (unpaired) electrons. The summed E-state index contributed by atoms with van der Waals surface area (Å²) in [6.45, 7) is 10.1. The largest absolute Gasteiger partial charge is 0.393 e. The molecule has 0 saturated carbocycles. The van der Waals surface area contributed by atoms with Crippen LogP contribution in [-0.2, 0) is 0 Å². The van der Waals surface area contributed by atoms with E-state index >= 15 is 0 Å². The summed E-state index contributed by atoms with van der Waals surface area (Å²) < 4.78 is 0. The molecule has 16 heavy (non-hydrogen) atoms. The fourth-order valence-electron chi connectivity index (χ4n) is 2.94. The van der Waals surface area contributed by atoms with Crippen molar-refractivity contribution in [2.75, 3.05) is 32.7 Å². The number of halogens is 1. The van der Waals surface area contributed by atoms with E-state index in [1.165, 1.54) is 32.5 Å². The maximum absolute atomic E-state index is 9.56. The lowest BCUT2D eigenvalue weighted by Crippen LogP contribution is -2.36. The molecule has 0 aromatic carbocycles. The highest BCUT2D eigenvalue weighted by molar-refractivity contribution is 5.85. The zero-order valence-electron chi connectivity index (χ0n) is 10.4. The predicted molar refractivity (Wildman–Crippen MR) is 69.1 cm³/mol. The Morgan fingerprint density at radius 2 is 2.31 bits per heavy atom. The number of rotatable bonds is 3. The SMILES string of the molecule is CC(O)C1CCN(CC2(C)CCNC2)C1.Cl. The lowest BCUT2D eigenvalue weighted by molar-refractivity contribution is 0.121. The Labute approximate surface area is 105 Å². The number of likely N-dealkylation sites (tertiary alicyclic amines) is 1. The van der Waals surface area contributed by atoms with Gasteiger partial charge >= 0.3 is 0 Å². The zero-order valence-corrected chi connectivity index (χ0v) is 11.2. The standard InChI is InChI=1S/C12H24N2O.ClH/c1-10(15)11-3-6-14(7-11)9-12(2)4-5-13-8-12;/h10-11,13,15H,3-9H2,1-2H3;1H. The second-order valence-corrected chi connectivity index (χ2v) is 5.76. The first-order valence-corrected chi connectivity index (χ1v) is 6.20. The van der Waals surface area contributed by atoms with E-state index < -0.39 is 0 Å². The minimum atomic E-state index is -0.135. The molecule has 96 valence electrons. The monoisotopic (exact) mass is 248 g/mol. The van der Waals surface area contributed by atoms with Crippen molar-refractivity contribution in [3.05, 3.63) is 0 Å². The van der Waals surface area contributed by atoms with E-state index in [1.54, 1.807) is 0 Å². The number of hydrogen-bond acceptors (Lipinski definition) is 3. The second kappa shape index (κ2) is 5.67. The van der Waals surface area contributed by atoms with Gasteiger partial charge in [0.1, 0.15) is 0 Å². The van der Waals surface area contributed by atoms with Crippen molar-refractivity contribution < 1.29 is 5.11 Å². The molecule has 2 heterocycles. The van der Waals surface area contributed by atoms with Gasteiger partial charge in [-0.2, -0.15) is 0 Å². The second-order valence-electron chi connectivity index (χ2n) is 5.76. The minimum absolute atomic E-state index is 0. The molecule has 2 aliphatic rings. The Kier molecular flexibility index (Phi) is 5.05. The van der Waals surface area contributed by atoms with Crippen LogP contribution in [0.5, 0.6) is 0 Å². The van der Waals surface area contributed by atoms with Gasteiger partial charge in [0.25, 0.3) is 0 Å². The van der Waals surface area contributed by atoms with E-state index in [9.17, 15) is 5.11 Å². The molecule has 3 atom stereocenters. The molecule has 2 N–H and O–H groups in total. The van der Waals surface area contributed by atoms with Crippen molar-refractivity contribution in [2.24, 2.45) is 11.3 Å². The van der Waals surface area contributed by atoms with Gasteiger partial charge in [0, 0.05) is 19.6 Å². The van der Waals surface area contributed by atoms with Crippen LogP contribution in [0.25, 0.3) is 0 Å². The zero-order chi connectivity index (χ0) is 10.9. The molecule has 4 heteroatoms. The highest BCUT2D eigenvalue weighted by Gasteiger charge is 2.34. The molecule has 0 aromatic heterocycles. The van der Waals surface area contributed by atoms with Crippen LogP contribution < -0.4 is 5.32 Å². The third-order valence-electron chi connectivity index (χ3n) is 4.05. The third-order valence-corrected chi connectivity index (χ3v) is 4.05. The van der Waals surface area contributed by atoms with Crippen LogP contribution in [0.2, 0.25) is 0 Å². The Balaban J connectivity index is 0.00000128. The predicted octanol–water partition coefficient (Wildman–Crippen LogP) is 1.11. The van der Waals surface area contributed by atoms with Gasteiger partial charge in [-0.15, -0.1) is 12.4 Å². The van der Waals surface area contributed by atoms with Crippen LogP contribution in [0.1, 0.15) is 26.7 Å². The summed E-state index contributed by atoms with van der Waals surface area (Å²) in [6.07, 6.45) is 2.33. The van der Waals surface area contributed by atoms with Gasteiger partial charge in [0.15, 0.2) is 0 Å². The van der Waals surface area contributed by atoms with Gasteiger partial charge in [0.05, 0.1) is 6.10 Å². The van der Waals surface area contributed by atoms with Crippen molar-refractivity contribution in [3.8, 4) is 0 Å². The molecular weight excluding hydrogens is 224 g/mol. The van der Waals surface area contributed by atoms with Gasteiger partial charge in [-0.05, 0) is 44.2 Å². The Bertz CT molecular complexity index is 217. The van der Waals surface area contributed by atoms with Gasteiger partial charge in [-0.1, -0.05) is 6.92 Å². The highest BCUT2D eigenvalue weighted by Crippen LogP contribution is 2.29. The summed E-state index contributed by atoms with van der Waals surface area (Å²) in [5.74, 6) is 0.503. The molecule has 2 aliphatic heterocycles. The molecule has 2 saturated heterocycles. The molecule has 3 unspecified atom stereocenters. The first kappa shape index (κ1) is 14.2. The van der Waals surface area contributed by atoms with E-state index in [4.69, 9.17) is 0 Å². The number of nitrogens with zero attached hydrogens (tertiary/aromatic N) is 1. The smallest absolute Gasteiger partial charge is 0.0552 e. The third kappa shape index (κ3) is 3.33. The van der Waals surface area contributed by atoms with Gasteiger partial charge in [-0.25, -0.2) is 0 Å². The fourth-order valence-corrected chi connectivity index (χ4v) is 2.94. The van der Waals surface area contributed by atoms with Crippen molar-refractivity contribution in [1.29, 1.82) is 0 Å². The van der Waals surface area contributed by atoms with Crippen LogP contribution in [0, 0.1) is 11.3 Å². The van der Waals surface area contributed by atoms with E-state index in [2.05, 4.69) is 17.1 Å². The molecular formula is C12H25ClN2O. The number of aliphatic hydroxyl groups is 1. The molecule has 2 fully saturated rings. The fraction of sp³-hybridized carbons (Fsp3) is 1.00. The maximum atomic E-state index is 9.56. The average molecular weight is 249 g/mol. The summed E-state index contributed by atoms with van der Waals surface area (Å²) in [4.78, 5) is 2.53. The van der Waals surface area contributed by atoms with E-state index in [1.807, 2.05) is 6.92 Å². The van der Waals surface area contributed by atoms with E-state index in [0.717, 1.165) is 13.1 Å². The van der Waals surface area contributed by atoms with Crippen molar-refractivity contribution in [1.82, 2.24) is 10.2 Å². The van der Waals surface area contributed by atoms with Crippen LogP contribution in [0.15, 0.2) is 0 Å². The lowest BCUT2D eigenvalue weighted by Gasteiger charge is -2.29. The number of hydrogen-bond donors (Lipinski definition) is 2. The highest BCUT2D eigenvalue weighted by atomic mass is 35.5. The van der Waals surface area contributed by atoms with Crippen LogP contribution >= 0.6 is 12.4 Å². The van der Waals surface area contributed by atoms with Crippen LogP contribution in [0.4, 0.5) is 0 Å². The molecule has 2 rings (SSSR count). The first-order valence-electron chi connectivity index (χ1n) is 6.20. The van der Waals surface area contributed by atoms with Crippen LogP contribution in [0.3, 0.4) is 0 Å². The Morgan fingerprint density at radius 1 is 1.56 bits per heavy atom. The van der Waals surface area contributed by atoms with E-state index in [-0.39, 0.29) is 18.5 Å². The summed E-state index contributed by atoms with van der Waals surface area (Å²) in [6, 6.07) is 0. The van der Waals surface area contributed by atoms with Gasteiger partial charge in [-0.3, -0.25) is 0 Å². The number of aliphatic hydroxyl groups excluding tert-OH is 1. The minimum Gasteiger partial charge on any atom is -0.393 e. The quantitative estimate of drug-likeness (QED) is 0.786. The topological polar surface area (TPSA) is 35.5 Å². The van der Waals surface area contributed by atoms with Crippen molar-refractivity contribution in [3.63, 3.8) is 0 Å². The Hall–Kier alpha value is 0.170. The maximum Gasteiger partial charge on any atom is 0.0552 e.